The molecule has 1 unspecified atom stereocenters. The largest absolute Gasteiger partial charge is 0.478 e. The van der Waals surface area contributed by atoms with E-state index in [1.165, 1.54) is 13.8 Å². The number of aliphatic hydroxyl groups is 1. The molecule has 0 aliphatic carbocycles. The summed E-state index contributed by atoms with van der Waals surface area (Å²) in [5.41, 5.74) is -0.331. The maximum atomic E-state index is 12.6. The Kier molecular flexibility index (Phi) is 3.90. The van der Waals surface area contributed by atoms with Gasteiger partial charge in [0.2, 0.25) is 10.0 Å². The summed E-state index contributed by atoms with van der Waals surface area (Å²) in [6, 6.07) is 0. The molecule has 112 valence electrons. The van der Waals surface area contributed by atoms with Crippen LogP contribution in [0.4, 0.5) is 0 Å². The number of aliphatic hydroxyl groups excluding tert-OH is 1. The molecule has 0 spiro atoms. The van der Waals surface area contributed by atoms with E-state index in [9.17, 15) is 23.4 Å². The van der Waals surface area contributed by atoms with Crippen LogP contribution in [-0.2, 0) is 10.0 Å². The molecular weight excluding hydrogens is 286 g/mol. The molecular formula is C12H17NO6S. The molecule has 0 radical (unpaired) electrons. The van der Waals surface area contributed by atoms with Crippen molar-refractivity contribution in [2.45, 2.75) is 37.7 Å². The third-order valence-electron chi connectivity index (χ3n) is 3.38. The van der Waals surface area contributed by atoms with Crippen molar-refractivity contribution in [2.75, 3.05) is 13.1 Å². The molecule has 1 aliphatic rings. The van der Waals surface area contributed by atoms with Crippen molar-refractivity contribution in [3.05, 3.63) is 17.1 Å². The monoisotopic (exact) mass is 303 g/mol. The second kappa shape index (κ2) is 5.19. The van der Waals surface area contributed by atoms with Gasteiger partial charge in [-0.1, -0.05) is 0 Å². The lowest BCUT2D eigenvalue weighted by molar-refractivity contribution is 0.0691. The SMILES string of the molecule is Cc1oc(C)c(S(=O)(=O)N2CCCC(O)C2)c1C(=O)O. The first-order chi connectivity index (χ1) is 9.25. The Labute approximate surface area is 116 Å². The lowest BCUT2D eigenvalue weighted by Gasteiger charge is -2.29. The highest BCUT2D eigenvalue weighted by Crippen LogP contribution is 2.30. The van der Waals surface area contributed by atoms with Crippen molar-refractivity contribution in [3.8, 4) is 0 Å². The van der Waals surface area contributed by atoms with Crippen LogP contribution in [-0.4, -0.2) is 48.1 Å². The van der Waals surface area contributed by atoms with Gasteiger partial charge in [0, 0.05) is 13.1 Å². The van der Waals surface area contributed by atoms with Crippen LogP contribution < -0.4 is 0 Å². The van der Waals surface area contributed by atoms with Gasteiger partial charge in [-0.15, -0.1) is 0 Å². The van der Waals surface area contributed by atoms with Crippen molar-refractivity contribution in [3.63, 3.8) is 0 Å². The van der Waals surface area contributed by atoms with Gasteiger partial charge in [-0.25, -0.2) is 13.2 Å². The molecule has 7 nitrogen and oxygen atoms in total. The second-order valence-electron chi connectivity index (χ2n) is 4.88. The van der Waals surface area contributed by atoms with Gasteiger partial charge in [-0.3, -0.25) is 0 Å². The maximum Gasteiger partial charge on any atom is 0.340 e. The van der Waals surface area contributed by atoms with Crippen LogP contribution in [0.5, 0.6) is 0 Å². The zero-order valence-corrected chi connectivity index (χ0v) is 12.1. The molecule has 1 saturated heterocycles. The van der Waals surface area contributed by atoms with Crippen molar-refractivity contribution in [1.82, 2.24) is 4.31 Å². The highest BCUT2D eigenvalue weighted by molar-refractivity contribution is 7.89. The molecule has 0 amide bonds. The number of nitrogens with zero attached hydrogens (tertiary/aromatic N) is 1. The number of β-amino-alcohol motifs (C(OH)–C–C–N with tert-alkyl or cyclic N) is 1. The first kappa shape index (κ1) is 15.0. The fourth-order valence-corrected chi connectivity index (χ4v) is 4.38. The number of rotatable bonds is 3. The lowest BCUT2D eigenvalue weighted by Crippen LogP contribution is -2.42. The fraction of sp³-hybridized carbons (Fsp3) is 0.583. The second-order valence-corrected chi connectivity index (χ2v) is 6.76. The van der Waals surface area contributed by atoms with Crippen LogP contribution >= 0.6 is 0 Å². The van der Waals surface area contributed by atoms with E-state index in [-0.39, 0.29) is 35.1 Å². The van der Waals surface area contributed by atoms with E-state index in [4.69, 9.17) is 4.42 Å². The molecule has 1 aromatic heterocycles. The summed E-state index contributed by atoms with van der Waals surface area (Å²) < 4.78 is 31.4. The minimum Gasteiger partial charge on any atom is -0.478 e. The summed E-state index contributed by atoms with van der Waals surface area (Å²) in [6.45, 7) is 3.08. The van der Waals surface area contributed by atoms with Gasteiger partial charge in [-0.2, -0.15) is 4.31 Å². The van der Waals surface area contributed by atoms with Gasteiger partial charge < -0.3 is 14.6 Å². The molecule has 20 heavy (non-hydrogen) atoms. The number of hydrogen-bond acceptors (Lipinski definition) is 5. The molecule has 0 aromatic carbocycles. The Balaban J connectivity index is 2.52. The molecule has 2 N–H and O–H groups in total. The molecule has 1 aliphatic heterocycles. The van der Waals surface area contributed by atoms with Gasteiger partial charge in [0.05, 0.1) is 6.10 Å². The molecule has 2 heterocycles. The first-order valence-corrected chi connectivity index (χ1v) is 7.70. The number of carbonyl (C=O) groups is 1. The van der Waals surface area contributed by atoms with Gasteiger partial charge in [0.25, 0.3) is 0 Å². The predicted octanol–water partition coefficient (Wildman–Crippen LogP) is 0.740. The Bertz CT molecular complexity index is 633. The summed E-state index contributed by atoms with van der Waals surface area (Å²) in [7, 11) is -3.98. The quantitative estimate of drug-likeness (QED) is 0.852. The van der Waals surface area contributed by atoms with E-state index < -0.39 is 22.1 Å². The Hall–Kier alpha value is -1.38. The van der Waals surface area contributed by atoms with Crippen LogP contribution in [0.25, 0.3) is 0 Å². The van der Waals surface area contributed by atoms with E-state index >= 15 is 0 Å². The zero-order chi connectivity index (χ0) is 15.1. The number of sulfonamides is 1. The van der Waals surface area contributed by atoms with Crippen LogP contribution in [0.1, 0.15) is 34.7 Å². The van der Waals surface area contributed by atoms with Crippen molar-refractivity contribution in [2.24, 2.45) is 0 Å². The number of piperidine rings is 1. The third-order valence-corrected chi connectivity index (χ3v) is 5.40. The maximum absolute atomic E-state index is 12.6. The van der Waals surface area contributed by atoms with Crippen molar-refractivity contribution < 1.29 is 27.8 Å². The minimum atomic E-state index is -3.98. The molecule has 8 heteroatoms. The number of aryl methyl sites for hydroxylation is 2. The van der Waals surface area contributed by atoms with Gasteiger partial charge in [0.15, 0.2) is 0 Å². The molecule has 1 aromatic rings. The van der Waals surface area contributed by atoms with Crippen molar-refractivity contribution >= 4 is 16.0 Å². The van der Waals surface area contributed by atoms with Crippen LogP contribution in [0.3, 0.4) is 0 Å². The lowest BCUT2D eigenvalue weighted by atomic mass is 10.1. The third kappa shape index (κ3) is 2.46. The normalized spacial score (nSPS) is 21.1. The highest BCUT2D eigenvalue weighted by atomic mass is 32.2. The number of carboxylic acids is 1. The topological polar surface area (TPSA) is 108 Å². The van der Waals surface area contributed by atoms with Crippen LogP contribution in [0.15, 0.2) is 9.31 Å². The van der Waals surface area contributed by atoms with Crippen LogP contribution in [0.2, 0.25) is 0 Å². The molecule has 0 saturated carbocycles. The predicted molar refractivity (Wildman–Crippen MR) is 69.1 cm³/mol. The van der Waals surface area contributed by atoms with Crippen LogP contribution in [0, 0.1) is 13.8 Å². The summed E-state index contributed by atoms with van der Waals surface area (Å²) in [4.78, 5) is 10.9. The van der Waals surface area contributed by atoms with E-state index in [2.05, 4.69) is 0 Å². The Morgan fingerprint density at radius 2 is 2.00 bits per heavy atom. The average molecular weight is 303 g/mol. The summed E-state index contributed by atoms with van der Waals surface area (Å²) in [6.07, 6.45) is 0.361. The Morgan fingerprint density at radius 1 is 1.35 bits per heavy atom. The van der Waals surface area contributed by atoms with E-state index in [1.807, 2.05) is 0 Å². The summed E-state index contributed by atoms with van der Waals surface area (Å²) in [5, 5.41) is 18.8. The molecule has 1 fully saturated rings. The van der Waals surface area contributed by atoms with E-state index in [0.29, 0.717) is 12.8 Å². The molecule has 2 rings (SSSR count). The fourth-order valence-electron chi connectivity index (χ4n) is 2.49. The van der Waals surface area contributed by atoms with Gasteiger partial charge in [-0.05, 0) is 26.7 Å². The van der Waals surface area contributed by atoms with Gasteiger partial charge >= 0.3 is 5.97 Å². The number of furan rings is 1. The number of aromatic carboxylic acids is 1. The van der Waals surface area contributed by atoms with Gasteiger partial charge in [0.1, 0.15) is 22.0 Å². The van der Waals surface area contributed by atoms with E-state index in [1.54, 1.807) is 0 Å². The first-order valence-electron chi connectivity index (χ1n) is 6.26. The summed E-state index contributed by atoms with van der Waals surface area (Å²) >= 11 is 0. The highest BCUT2D eigenvalue weighted by Gasteiger charge is 2.37. The number of hydrogen-bond donors (Lipinski definition) is 2. The minimum absolute atomic E-state index is 0.0228. The van der Waals surface area contributed by atoms with E-state index in [0.717, 1.165) is 4.31 Å². The van der Waals surface area contributed by atoms with Crippen molar-refractivity contribution in [1.29, 1.82) is 0 Å². The number of carboxylic acid groups (broad SMARTS) is 1. The molecule has 0 bridgehead atoms. The average Bonchev–Trinajstić information content (AvgIpc) is 2.64. The standard InChI is InChI=1S/C12H17NO6S/c1-7-10(12(15)16)11(8(2)19-7)20(17,18)13-5-3-4-9(14)6-13/h9,14H,3-6H2,1-2H3,(H,15,16). The smallest absolute Gasteiger partial charge is 0.340 e. The zero-order valence-electron chi connectivity index (χ0n) is 11.3. The molecule has 1 atom stereocenters. The Morgan fingerprint density at radius 3 is 2.55 bits per heavy atom. The summed E-state index contributed by atoms with van der Waals surface area (Å²) in [5.74, 6) is -1.22.